The van der Waals surface area contributed by atoms with E-state index in [1.54, 1.807) is 32.9 Å². The van der Waals surface area contributed by atoms with Crippen LogP contribution in [0.1, 0.15) is 30.2 Å². The molecule has 0 aliphatic rings. The fraction of sp³-hybridized carbons (Fsp3) is 0.333. The summed E-state index contributed by atoms with van der Waals surface area (Å²) < 4.78 is 15.3. The van der Waals surface area contributed by atoms with Crippen LogP contribution in [0.15, 0.2) is 18.2 Å². The van der Waals surface area contributed by atoms with Crippen molar-refractivity contribution in [1.82, 2.24) is 14.8 Å². The number of aliphatic hydroxyl groups excluding tert-OH is 1. The van der Waals surface area contributed by atoms with Gasteiger partial charge >= 0.3 is 0 Å². The van der Waals surface area contributed by atoms with Crippen LogP contribution >= 0.6 is 0 Å². The number of aromatic nitrogens is 3. The highest BCUT2D eigenvalue weighted by atomic mass is 19.1. The van der Waals surface area contributed by atoms with Gasteiger partial charge in [-0.3, -0.25) is 0 Å². The van der Waals surface area contributed by atoms with Gasteiger partial charge in [-0.25, -0.2) is 14.1 Å². The van der Waals surface area contributed by atoms with E-state index < -0.39 is 11.9 Å². The van der Waals surface area contributed by atoms with Crippen LogP contribution in [0.25, 0.3) is 5.69 Å². The first kappa shape index (κ1) is 11.7. The maximum Gasteiger partial charge on any atom is 0.149 e. The summed E-state index contributed by atoms with van der Waals surface area (Å²) in [5, 5.41) is 13.8. The van der Waals surface area contributed by atoms with Gasteiger partial charge in [0.15, 0.2) is 0 Å². The molecule has 2 aromatic rings. The number of para-hydroxylation sites is 1. The lowest BCUT2D eigenvalue weighted by atomic mass is 10.1. The molecule has 90 valence electrons. The van der Waals surface area contributed by atoms with Gasteiger partial charge in [-0.2, -0.15) is 5.10 Å². The SMILES string of the molecule is Cc1nc(C)n(-c2c(F)cccc2[C@H](C)O)n1. The van der Waals surface area contributed by atoms with E-state index in [0.29, 0.717) is 17.2 Å². The first-order valence-corrected chi connectivity index (χ1v) is 5.38. The third-order valence-electron chi connectivity index (χ3n) is 2.55. The van der Waals surface area contributed by atoms with Gasteiger partial charge in [0, 0.05) is 5.56 Å². The Balaban J connectivity index is 2.69. The lowest BCUT2D eigenvalue weighted by molar-refractivity contribution is 0.198. The smallest absolute Gasteiger partial charge is 0.149 e. The Kier molecular flexibility index (Phi) is 2.93. The molecule has 0 unspecified atom stereocenters. The molecule has 17 heavy (non-hydrogen) atoms. The molecule has 4 nitrogen and oxygen atoms in total. The average Bonchev–Trinajstić information content (AvgIpc) is 2.57. The Labute approximate surface area is 98.7 Å². The lowest BCUT2D eigenvalue weighted by Gasteiger charge is -2.13. The van der Waals surface area contributed by atoms with Crippen LogP contribution < -0.4 is 0 Å². The second kappa shape index (κ2) is 4.25. The highest BCUT2D eigenvalue weighted by molar-refractivity contribution is 5.43. The summed E-state index contributed by atoms with van der Waals surface area (Å²) >= 11 is 0. The minimum absolute atomic E-state index is 0.264. The van der Waals surface area contributed by atoms with Gasteiger partial charge in [-0.15, -0.1) is 0 Å². The van der Waals surface area contributed by atoms with Crippen LogP contribution in [0.4, 0.5) is 4.39 Å². The third-order valence-corrected chi connectivity index (χ3v) is 2.55. The second-order valence-corrected chi connectivity index (χ2v) is 3.97. The molecule has 0 spiro atoms. The molecule has 2 rings (SSSR count). The normalized spacial score (nSPS) is 12.8. The Morgan fingerprint density at radius 3 is 2.59 bits per heavy atom. The molecule has 0 radical (unpaired) electrons. The van der Waals surface area contributed by atoms with Gasteiger partial charge in [-0.05, 0) is 26.8 Å². The van der Waals surface area contributed by atoms with E-state index in [9.17, 15) is 9.50 Å². The molecular weight excluding hydrogens is 221 g/mol. The largest absolute Gasteiger partial charge is 0.389 e. The molecule has 0 aliphatic heterocycles. The zero-order chi connectivity index (χ0) is 12.6. The molecule has 0 saturated carbocycles. The molecule has 0 amide bonds. The van der Waals surface area contributed by atoms with Gasteiger partial charge in [-0.1, -0.05) is 12.1 Å². The van der Waals surface area contributed by atoms with E-state index in [4.69, 9.17) is 0 Å². The molecular formula is C12H14FN3O. The van der Waals surface area contributed by atoms with Crippen LogP contribution in [0.3, 0.4) is 0 Å². The van der Waals surface area contributed by atoms with E-state index in [2.05, 4.69) is 10.1 Å². The number of benzene rings is 1. The number of hydrogen-bond donors (Lipinski definition) is 1. The molecule has 1 aromatic carbocycles. The molecule has 0 saturated heterocycles. The first-order valence-electron chi connectivity index (χ1n) is 5.38. The maximum atomic E-state index is 13.9. The quantitative estimate of drug-likeness (QED) is 0.867. The Hall–Kier alpha value is -1.75. The topological polar surface area (TPSA) is 50.9 Å². The highest BCUT2D eigenvalue weighted by Crippen LogP contribution is 2.24. The van der Waals surface area contributed by atoms with Crippen molar-refractivity contribution in [2.75, 3.05) is 0 Å². The van der Waals surface area contributed by atoms with E-state index in [0.717, 1.165) is 0 Å². The highest BCUT2D eigenvalue weighted by Gasteiger charge is 2.17. The molecule has 0 aliphatic carbocycles. The molecule has 1 heterocycles. The second-order valence-electron chi connectivity index (χ2n) is 3.97. The van der Waals surface area contributed by atoms with Crippen molar-refractivity contribution in [3.05, 3.63) is 41.2 Å². The molecule has 1 N–H and O–H groups in total. The van der Waals surface area contributed by atoms with E-state index >= 15 is 0 Å². The summed E-state index contributed by atoms with van der Waals surface area (Å²) in [6.45, 7) is 5.09. The maximum absolute atomic E-state index is 13.9. The first-order chi connectivity index (χ1) is 8.00. The van der Waals surface area contributed by atoms with Crippen LogP contribution in [0, 0.1) is 19.7 Å². The van der Waals surface area contributed by atoms with Crippen LogP contribution in [0.5, 0.6) is 0 Å². The van der Waals surface area contributed by atoms with Crippen molar-refractivity contribution in [2.24, 2.45) is 0 Å². The fourth-order valence-corrected chi connectivity index (χ4v) is 1.83. The van der Waals surface area contributed by atoms with Gasteiger partial charge in [0.1, 0.15) is 23.2 Å². The van der Waals surface area contributed by atoms with E-state index in [1.165, 1.54) is 10.7 Å². The number of nitrogens with zero attached hydrogens (tertiary/aromatic N) is 3. The summed E-state index contributed by atoms with van der Waals surface area (Å²) in [6.07, 6.45) is -0.760. The van der Waals surface area contributed by atoms with Crippen molar-refractivity contribution >= 4 is 0 Å². The minimum Gasteiger partial charge on any atom is -0.389 e. The van der Waals surface area contributed by atoms with E-state index in [-0.39, 0.29) is 5.69 Å². The molecule has 0 bridgehead atoms. The van der Waals surface area contributed by atoms with Crippen molar-refractivity contribution in [2.45, 2.75) is 26.9 Å². The monoisotopic (exact) mass is 235 g/mol. The van der Waals surface area contributed by atoms with Crippen molar-refractivity contribution in [3.63, 3.8) is 0 Å². The van der Waals surface area contributed by atoms with Gasteiger partial charge in [0.2, 0.25) is 0 Å². The number of halogens is 1. The van der Waals surface area contributed by atoms with Gasteiger partial charge in [0.25, 0.3) is 0 Å². The predicted molar refractivity (Wildman–Crippen MR) is 61.4 cm³/mol. The molecule has 1 atom stereocenters. The van der Waals surface area contributed by atoms with Crippen molar-refractivity contribution in [3.8, 4) is 5.69 Å². The number of rotatable bonds is 2. The van der Waals surface area contributed by atoms with Gasteiger partial charge < -0.3 is 5.11 Å². The molecule has 0 fully saturated rings. The molecule has 1 aromatic heterocycles. The minimum atomic E-state index is -0.760. The Morgan fingerprint density at radius 1 is 1.35 bits per heavy atom. The number of hydrogen-bond acceptors (Lipinski definition) is 3. The number of aryl methyl sites for hydroxylation is 2. The summed E-state index contributed by atoms with van der Waals surface area (Å²) in [7, 11) is 0. The summed E-state index contributed by atoms with van der Waals surface area (Å²) in [4.78, 5) is 4.13. The van der Waals surface area contributed by atoms with E-state index in [1.807, 2.05) is 0 Å². The van der Waals surface area contributed by atoms with Crippen molar-refractivity contribution in [1.29, 1.82) is 0 Å². The standard InChI is InChI=1S/C12H14FN3O/c1-7(17)10-5-4-6-11(13)12(10)16-9(3)14-8(2)15-16/h4-7,17H,1-3H3/t7-/m0/s1. The Morgan fingerprint density at radius 2 is 2.06 bits per heavy atom. The predicted octanol–water partition coefficient (Wildman–Crippen LogP) is 2.08. The van der Waals surface area contributed by atoms with Crippen molar-refractivity contribution < 1.29 is 9.50 Å². The van der Waals surface area contributed by atoms with Gasteiger partial charge in [0.05, 0.1) is 6.10 Å². The summed E-state index contributed by atoms with van der Waals surface area (Å²) in [5.74, 6) is 0.744. The Bertz CT molecular complexity index is 549. The summed E-state index contributed by atoms with van der Waals surface area (Å²) in [5.41, 5.74) is 0.763. The molecule has 5 heteroatoms. The van der Waals surface area contributed by atoms with Crippen LogP contribution in [-0.4, -0.2) is 19.9 Å². The zero-order valence-electron chi connectivity index (χ0n) is 9.98. The van der Waals surface area contributed by atoms with Crippen LogP contribution in [0.2, 0.25) is 0 Å². The number of aliphatic hydroxyl groups is 1. The summed E-state index contributed by atoms with van der Waals surface area (Å²) in [6, 6.07) is 4.59. The lowest BCUT2D eigenvalue weighted by Crippen LogP contribution is -2.08. The fourth-order valence-electron chi connectivity index (χ4n) is 1.83. The zero-order valence-corrected chi connectivity index (χ0v) is 9.98. The average molecular weight is 235 g/mol. The van der Waals surface area contributed by atoms with Crippen LogP contribution in [-0.2, 0) is 0 Å². The third kappa shape index (κ3) is 2.06.